The number of benzene rings is 4. The number of aromatic nitrogens is 2. The summed E-state index contributed by atoms with van der Waals surface area (Å²) in [4.78, 5) is 57.8. The molecule has 1 N–H and O–H groups in total. The van der Waals surface area contributed by atoms with E-state index in [2.05, 4.69) is 10.2 Å². The number of carbonyl (C=O) groups excluding carboxylic acids is 3. The first-order valence-corrected chi connectivity index (χ1v) is 15.5. The number of azo groups is 1. The first-order valence-electron chi connectivity index (χ1n) is 15.5. The molecule has 5 aromatic rings. The van der Waals surface area contributed by atoms with E-state index in [1.807, 2.05) is 37.3 Å². The Morgan fingerprint density at radius 1 is 0.796 bits per heavy atom. The third-order valence-corrected chi connectivity index (χ3v) is 8.69. The zero-order valence-corrected chi connectivity index (χ0v) is 27.3. The molecule has 1 aliphatic heterocycles. The molecule has 2 heterocycles. The Kier molecular flexibility index (Phi) is 8.66. The maximum atomic E-state index is 14.3. The monoisotopic (exact) mass is 655 g/mol. The fourth-order valence-electron chi connectivity index (χ4n) is 6.13. The highest BCUT2D eigenvalue weighted by Gasteiger charge is 2.64. The summed E-state index contributed by atoms with van der Waals surface area (Å²) in [5, 5.41) is 20.3. The minimum absolute atomic E-state index is 0.199. The summed E-state index contributed by atoms with van der Waals surface area (Å²) in [6.45, 7) is 3.47. The number of esters is 1. The second kappa shape index (κ2) is 13.0. The molecule has 246 valence electrons. The van der Waals surface area contributed by atoms with Crippen LogP contribution in [-0.2, 0) is 32.6 Å². The van der Waals surface area contributed by atoms with Gasteiger partial charge in [0.25, 0.3) is 11.3 Å². The number of carbonyl (C=O) groups is 3. The largest absolute Gasteiger partial charge is 0.507 e. The van der Waals surface area contributed by atoms with E-state index in [1.165, 1.54) is 4.68 Å². The van der Waals surface area contributed by atoms with Gasteiger partial charge in [0.2, 0.25) is 0 Å². The lowest BCUT2D eigenvalue weighted by Gasteiger charge is -2.35. The highest BCUT2D eigenvalue weighted by molar-refractivity contribution is 6.54. The lowest BCUT2D eigenvalue weighted by molar-refractivity contribution is -0.146. The number of aliphatic hydroxyl groups excluding tert-OH is 1. The van der Waals surface area contributed by atoms with Gasteiger partial charge < -0.3 is 9.84 Å². The Morgan fingerprint density at radius 2 is 1.37 bits per heavy atom. The lowest BCUT2D eigenvalue weighted by atomic mass is 9.81. The molecule has 1 aromatic heterocycles. The van der Waals surface area contributed by atoms with Gasteiger partial charge in [-0.15, -0.1) is 0 Å². The Labute approximate surface area is 282 Å². The van der Waals surface area contributed by atoms with Crippen molar-refractivity contribution >= 4 is 40.5 Å². The summed E-state index contributed by atoms with van der Waals surface area (Å²) in [5.41, 5.74) is -0.0393. The van der Waals surface area contributed by atoms with Gasteiger partial charge in [-0.2, -0.15) is 10.2 Å². The maximum Gasteiger partial charge on any atom is 0.337 e. The van der Waals surface area contributed by atoms with Gasteiger partial charge in [0.05, 0.1) is 35.4 Å². The molecule has 11 nitrogen and oxygen atoms in total. The number of aryl methyl sites for hydroxylation is 1. The van der Waals surface area contributed by atoms with E-state index in [9.17, 15) is 24.3 Å². The zero-order valence-electron chi connectivity index (χ0n) is 27.3. The smallest absolute Gasteiger partial charge is 0.337 e. The predicted molar refractivity (Wildman–Crippen MR) is 184 cm³/mol. The van der Waals surface area contributed by atoms with Gasteiger partial charge in [0.15, 0.2) is 5.54 Å². The van der Waals surface area contributed by atoms with Crippen LogP contribution in [0.5, 0.6) is 0 Å². The summed E-state index contributed by atoms with van der Waals surface area (Å²) in [7, 11) is 2.77. The highest BCUT2D eigenvalue weighted by atomic mass is 16.5. The number of amides is 1. The second-order valence-electron chi connectivity index (χ2n) is 11.7. The molecule has 0 bridgehead atoms. The van der Waals surface area contributed by atoms with Gasteiger partial charge in [0.1, 0.15) is 11.4 Å². The quantitative estimate of drug-likeness (QED) is 0.0691. The fourth-order valence-corrected chi connectivity index (χ4v) is 6.13. The van der Waals surface area contributed by atoms with Crippen LogP contribution in [0.1, 0.15) is 22.4 Å². The molecule has 0 aliphatic carbocycles. The van der Waals surface area contributed by atoms with Crippen molar-refractivity contribution in [2.24, 2.45) is 17.3 Å². The Bertz CT molecular complexity index is 2180. The van der Waals surface area contributed by atoms with E-state index >= 15 is 0 Å². The molecule has 0 radical (unpaired) electrons. The molecule has 6 rings (SSSR count). The zero-order chi connectivity index (χ0) is 34.9. The molecule has 1 unspecified atom stereocenters. The van der Waals surface area contributed by atoms with Crippen LogP contribution in [0.15, 0.2) is 130 Å². The first-order chi connectivity index (χ1) is 23.6. The number of hydrogen-bond donors (Lipinski definition) is 1. The molecule has 1 amide bonds. The molecule has 1 atom stereocenters. The van der Waals surface area contributed by atoms with Crippen LogP contribution in [0.25, 0.3) is 11.4 Å². The van der Waals surface area contributed by atoms with Crippen molar-refractivity contribution in [3.8, 4) is 5.69 Å². The van der Waals surface area contributed by atoms with Crippen molar-refractivity contribution in [2.75, 3.05) is 12.0 Å². The lowest BCUT2D eigenvalue weighted by Crippen LogP contribution is -2.57. The Balaban J connectivity index is 1.57. The number of anilines is 1. The molecular weight excluding hydrogens is 622 g/mol. The number of methoxy groups -OCH3 is 1. The van der Waals surface area contributed by atoms with Gasteiger partial charge in [-0.1, -0.05) is 78.4 Å². The molecule has 1 saturated heterocycles. The average molecular weight is 656 g/mol. The van der Waals surface area contributed by atoms with E-state index in [0.717, 1.165) is 17.6 Å². The van der Waals surface area contributed by atoms with Crippen LogP contribution in [0.2, 0.25) is 0 Å². The number of ketones is 1. The SMILES string of the molecule is COC(=O)C1(Cc2ccc(N=Nc3ccccc3)cc2)/C(=C(/O)c2ccc(C)cc2)C(=O)C(=O)N1c1c(C)n(C)n(-c2ccccc2)c1=O. The summed E-state index contributed by atoms with van der Waals surface area (Å²) in [6.07, 6.45) is -0.322. The van der Waals surface area contributed by atoms with Crippen LogP contribution in [0.4, 0.5) is 17.1 Å². The first kappa shape index (κ1) is 32.6. The van der Waals surface area contributed by atoms with Crippen molar-refractivity contribution in [2.45, 2.75) is 25.8 Å². The Hall–Kier alpha value is -6.36. The van der Waals surface area contributed by atoms with E-state index < -0.39 is 40.1 Å². The second-order valence-corrected chi connectivity index (χ2v) is 11.7. The number of Topliss-reactive ketones (excluding diaryl/α,β-unsaturated/α-hetero) is 1. The van der Waals surface area contributed by atoms with Crippen molar-refractivity contribution in [3.05, 3.63) is 148 Å². The number of ether oxygens (including phenoxy) is 1. The molecule has 0 saturated carbocycles. The van der Waals surface area contributed by atoms with E-state index in [1.54, 1.807) is 97.5 Å². The Morgan fingerprint density at radius 3 is 1.96 bits per heavy atom. The molecular formula is C38H33N5O6. The van der Waals surface area contributed by atoms with Gasteiger partial charge in [-0.3, -0.25) is 24.0 Å². The molecule has 4 aromatic carbocycles. The number of aliphatic hydroxyl groups is 1. The van der Waals surface area contributed by atoms with Crippen molar-refractivity contribution in [1.29, 1.82) is 0 Å². The minimum Gasteiger partial charge on any atom is -0.507 e. The van der Waals surface area contributed by atoms with Crippen molar-refractivity contribution in [1.82, 2.24) is 9.36 Å². The highest BCUT2D eigenvalue weighted by Crippen LogP contribution is 2.44. The number of nitrogens with zero attached hydrogens (tertiary/aromatic N) is 5. The van der Waals surface area contributed by atoms with Gasteiger partial charge in [0, 0.05) is 19.0 Å². The van der Waals surface area contributed by atoms with Crippen LogP contribution in [0, 0.1) is 13.8 Å². The van der Waals surface area contributed by atoms with Crippen LogP contribution in [0.3, 0.4) is 0 Å². The van der Waals surface area contributed by atoms with Crippen LogP contribution in [-0.4, -0.2) is 44.8 Å². The van der Waals surface area contributed by atoms with Crippen molar-refractivity contribution < 1.29 is 24.2 Å². The molecule has 1 fully saturated rings. The number of para-hydroxylation sites is 1. The molecule has 0 spiro atoms. The summed E-state index contributed by atoms with van der Waals surface area (Å²) < 4.78 is 8.22. The summed E-state index contributed by atoms with van der Waals surface area (Å²) in [5.74, 6) is -3.87. The average Bonchev–Trinajstić information content (AvgIpc) is 3.47. The molecule has 1 aliphatic rings. The molecule has 11 heteroatoms. The van der Waals surface area contributed by atoms with Crippen LogP contribution >= 0.6 is 0 Å². The van der Waals surface area contributed by atoms with Crippen molar-refractivity contribution in [3.63, 3.8) is 0 Å². The van der Waals surface area contributed by atoms with Gasteiger partial charge >= 0.3 is 11.9 Å². The van der Waals surface area contributed by atoms with E-state index in [4.69, 9.17) is 4.74 Å². The molecule has 49 heavy (non-hydrogen) atoms. The topological polar surface area (TPSA) is 136 Å². The van der Waals surface area contributed by atoms with Gasteiger partial charge in [-0.05, 0) is 55.8 Å². The normalized spacial score (nSPS) is 17.2. The third kappa shape index (κ3) is 5.65. The van der Waals surface area contributed by atoms with E-state index in [0.29, 0.717) is 28.3 Å². The maximum absolute atomic E-state index is 14.3. The standard InChI is InChI=1S/C38H33N5O6/c1-24-15-19-27(20-16-24)33(44)31-34(45)36(47)42(32-25(2)41(3)43(35(32)46)30-13-9-6-10-14-30)38(31,37(48)49-4)23-26-17-21-29(22-18-26)40-39-28-11-7-5-8-12-28/h5-22,44H,23H2,1-4H3/b33-31+,40-39?. The summed E-state index contributed by atoms with van der Waals surface area (Å²) >= 11 is 0. The predicted octanol–water partition coefficient (Wildman–Crippen LogP) is 6.25. The fraction of sp³-hybridized carbons (Fsp3) is 0.158. The van der Waals surface area contributed by atoms with E-state index in [-0.39, 0.29) is 17.7 Å². The van der Waals surface area contributed by atoms with Crippen LogP contribution < -0.4 is 10.5 Å². The number of rotatable bonds is 8. The van der Waals surface area contributed by atoms with Gasteiger partial charge in [-0.25, -0.2) is 9.48 Å². The number of hydrogen-bond acceptors (Lipinski definition) is 8. The minimum atomic E-state index is -2.27. The third-order valence-electron chi connectivity index (χ3n) is 8.69. The summed E-state index contributed by atoms with van der Waals surface area (Å²) in [6, 6.07) is 31.3.